The van der Waals surface area contributed by atoms with E-state index in [1.807, 2.05) is 12.1 Å². The molecule has 0 saturated carbocycles. The largest absolute Gasteiger partial charge is 0.463 e. The fourth-order valence-corrected chi connectivity index (χ4v) is 4.04. The fraction of sp³-hybridized carbons (Fsp3) is 0.350. The van der Waals surface area contributed by atoms with Gasteiger partial charge in [0.25, 0.3) is 0 Å². The average Bonchev–Trinajstić information content (AvgIpc) is 3.39. The number of benzene rings is 1. The van der Waals surface area contributed by atoms with Crippen LogP contribution in [0.5, 0.6) is 0 Å². The van der Waals surface area contributed by atoms with Gasteiger partial charge in [-0.05, 0) is 49.1 Å². The van der Waals surface area contributed by atoms with E-state index in [1.165, 1.54) is 5.56 Å². The van der Waals surface area contributed by atoms with E-state index in [0.717, 1.165) is 54.4 Å². The zero-order chi connectivity index (χ0) is 17.1. The van der Waals surface area contributed by atoms with Crippen molar-refractivity contribution in [3.8, 4) is 11.5 Å². The number of thiazole rings is 1. The van der Waals surface area contributed by atoms with Crippen LogP contribution in [0.3, 0.4) is 0 Å². The number of furan rings is 1. The molecule has 1 atom stereocenters. The highest BCUT2D eigenvalue weighted by atomic mass is 32.1. The Hall–Kier alpha value is -2.11. The second kappa shape index (κ2) is 7.42. The molecule has 5 heteroatoms. The maximum Gasteiger partial charge on any atom is 0.190 e. The topological polar surface area (TPSA) is 39.7 Å². The zero-order valence-electron chi connectivity index (χ0n) is 14.4. The first-order chi connectivity index (χ1) is 12.3. The van der Waals surface area contributed by atoms with Gasteiger partial charge in [-0.25, -0.2) is 4.99 Å². The molecule has 0 aliphatic carbocycles. The minimum Gasteiger partial charge on any atom is -0.463 e. The first kappa shape index (κ1) is 16.4. The number of aryl methyl sites for hydroxylation is 1. The van der Waals surface area contributed by atoms with Crippen molar-refractivity contribution in [1.82, 2.24) is 4.57 Å². The Morgan fingerprint density at radius 1 is 1.24 bits per heavy atom. The molecule has 0 N–H and O–H groups in total. The molecule has 1 unspecified atom stereocenters. The molecule has 1 saturated heterocycles. The highest BCUT2D eigenvalue weighted by Gasteiger charge is 2.19. The molecule has 4 nitrogen and oxygen atoms in total. The summed E-state index contributed by atoms with van der Waals surface area (Å²) in [7, 11) is 0. The average molecular weight is 354 g/mol. The highest BCUT2D eigenvalue weighted by molar-refractivity contribution is 7.07. The van der Waals surface area contributed by atoms with Crippen LogP contribution in [0, 0.1) is 0 Å². The quantitative estimate of drug-likeness (QED) is 0.661. The van der Waals surface area contributed by atoms with Crippen LogP contribution in [-0.4, -0.2) is 17.3 Å². The van der Waals surface area contributed by atoms with Crippen LogP contribution in [0.15, 0.2) is 57.5 Å². The van der Waals surface area contributed by atoms with Crippen molar-refractivity contribution in [1.29, 1.82) is 0 Å². The molecule has 1 aliphatic heterocycles. The van der Waals surface area contributed by atoms with Crippen LogP contribution in [0.2, 0.25) is 0 Å². The summed E-state index contributed by atoms with van der Waals surface area (Å²) in [4.78, 5) is 5.85. The fourth-order valence-electron chi connectivity index (χ4n) is 3.13. The van der Waals surface area contributed by atoms with E-state index in [-0.39, 0.29) is 6.10 Å². The summed E-state index contributed by atoms with van der Waals surface area (Å²) in [5.41, 5.74) is 3.37. The predicted octanol–water partition coefficient (Wildman–Crippen LogP) is 4.78. The van der Waals surface area contributed by atoms with E-state index in [4.69, 9.17) is 14.1 Å². The molecule has 1 aromatic carbocycles. The van der Waals surface area contributed by atoms with Crippen LogP contribution in [0.4, 0.5) is 5.69 Å². The number of rotatable bonds is 5. The van der Waals surface area contributed by atoms with Crippen molar-refractivity contribution in [3.63, 3.8) is 0 Å². The summed E-state index contributed by atoms with van der Waals surface area (Å²) in [5.74, 6) is 0.872. The molecule has 1 fully saturated rings. The summed E-state index contributed by atoms with van der Waals surface area (Å²) in [6, 6.07) is 12.4. The van der Waals surface area contributed by atoms with Crippen LogP contribution in [-0.2, 0) is 17.7 Å². The van der Waals surface area contributed by atoms with Gasteiger partial charge in [0.15, 0.2) is 10.6 Å². The number of hydrogen-bond donors (Lipinski definition) is 0. The Morgan fingerprint density at radius 3 is 2.80 bits per heavy atom. The van der Waals surface area contributed by atoms with Crippen LogP contribution in [0.1, 0.15) is 25.3 Å². The molecular formula is C20H22N2O2S. The van der Waals surface area contributed by atoms with Gasteiger partial charge in [0.1, 0.15) is 0 Å². The number of nitrogens with zero attached hydrogens (tertiary/aromatic N) is 2. The van der Waals surface area contributed by atoms with Gasteiger partial charge >= 0.3 is 0 Å². The molecule has 1 aliphatic rings. The number of aromatic nitrogens is 1. The lowest BCUT2D eigenvalue weighted by molar-refractivity contribution is 0.0967. The molecule has 4 rings (SSSR count). The molecule has 3 aromatic rings. The second-order valence-corrected chi connectivity index (χ2v) is 7.09. The monoisotopic (exact) mass is 354 g/mol. The Morgan fingerprint density at radius 2 is 2.12 bits per heavy atom. The lowest BCUT2D eigenvalue weighted by Crippen LogP contribution is -2.23. The third kappa shape index (κ3) is 3.62. The molecule has 0 spiro atoms. The van der Waals surface area contributed by atoms with Crippen molar-refractivity contribution >= 4 is 17.0 Å². The Labute approximate surface area is 151 Å². The van der Waals surface area contributed by atoms with Gasteiger partial charge in [-0.15, -0.1) is 11.3 Å². The van der Waals surface area contributed by atoms with Gasteiger partial charge in [-0.2, -0.15) is 0 Å². The van der Waals surface area contributed by atoms with E-state index in [9.17, 15) is 0 Å². The van der Waals surface area contributed by atoms with Gasteiger partial charge in [0.2, 0.25) is 0 Å². The van der Waals surface area contributed by atoms with E-state index in [0.29, 0.717) is 0 Å². The van der Waals surface area contributed by atoms with Crippen LogP contribution in [0.25, 0.3) is 11.5 Å². The maximum absolute atomic E-state index is 5.85. The lowest BCUT2D eigenvalue weighted by Gasteiger charge is -2.13. The molecule has 2 aromatic heterocycles. The molecule has 25 heavy (non-hydrogen) atoms. The highest BCUT2D eigenvalue weighted by Crippen LogP contribution is 2.23. The minimum absolute atomic E-state index is 0.254. The van der Waals surface area contributed by atoms with E-state index in [2.05, 4.69) is 41.1 Å². The van der Waals surface area contributed by atoms with Crippen molar-refractivity contribution in [2.24, 2.45) is 4.99 Å². The van der Waals surface area contributed by atoms with E-state index in [1.54, 1.807) is 17.6 Å². The predicted molar refractivity (Wildman–Crippen MR) is 100 cm³/mol. The molecule has 0 radical (unpaired) electrons. The van der Waals surface area contributed by atoms with Crippen LogP contribution < -0.4 is 4.80 Å². The van der Waals surface area contributed by atoms with E-state index < -0.39 is 0 Å². The maximum atomic E-state index is 5.85. The normalized spacial score (nSPS) is 18.1. The SMILES string of the molecule is CCc1ccc(N=c2scc(-c3ccco3)n2CC2CCCO2)cc1. The Bertz CT molecular complexity index is 869. The van der Waals surface area contributed by atoms with Gasteiger partial charge in [0, 0.05) is 12.0 Å². The standard InChI is InChI=1S/C20H22N2O2S/c1-2-15-7-9-16(10-8-15)21-20-22(13-17-5-3-11-23-17)18(14-25-20)19-6-4-12-24-19/h4,6-10,12,14,17H,2-3,5,11,13H2,1H3. The number of ether oxygens (including phenoxy) is 1. The van der Waals surface area contributed by atoms with Gasteiger partial charge in [-0.1, -0.05) is 19.1 Å². The first-order valence-electron chi connectivity index (χ1n) is 8.81. The van der Waals surface area contributed by atoms with Crippen molar-refractivity contribution in [2.75, 3.05) is 6.61 Å². The smallest absolute Gasteiger partial charge is 0.190 e. The summed E-state index contributed by atoms with van der Waals surface area (Å²) in [6.45, 7) is 3.83. The van der Waals surface area contributed by atoms with Crippen LogP contribution >= 0.6 is 11.3 Å². The Balaban J connectivity index is 1.73. The Kier molecular flexibility index (Phi) is 4.85. The molecular weight excluding hydrogens is 332 g/mol. The summed E-state index contributed by atoms with van der Waals surface area (Å²) in [5, 5.41) is 2.12. The van der Waals surface area contributed by atoms with Crippen molar-refractivity contribution < 1.29 is 9.15 Å². The third-order valence-electron chi connectivity index (χ3n) is 4.55. The second-order valence-electron chi connectivity index (χ2n) is 6.26. The van der Waals surface area contributed by atoms with Crippen molar-refractivity contribution in [3.05, 3.63) is 58.4 Å². The first-order valence-corrected chi connectivity index (χ1v) is 9.69. The lowest BCUT2D eigenvalue weighted by atomic mass is 10.2. The summed E-state index contributed by atoms with van der Waals surface area (Å²) in [6.07, 6.45) is 5.25. The third-order valence-corrected chi connectivity index (χ3v) is 5.41. The molecule has 3 heterocycles. The molecule has 130 valence electrons. The van der Waals surface area contributed by atoms with E-state index >= 15 is 0 Å². The van der Waals surface area contributed by atoms with Crippen molar-refractivity contribution in [2.45, 2.75) is 38.8 Å². The van der Waals surface area contributed by atoms with Gasteiger partial charge in [0.05, 0.1) is 30.3 Å². The number of hydrogen-bond acceptors (Lipinski definition) is 4. The molecule has 0 amide bonds. The van der Waals surface area contributed by atoms with Gasteiger partial charge in [-0.3, -0.25) is 0 Å². The van der Waals surface area contributed by atoms with Gasteiger partial charge < -0.3 is 13.7 Å². The summed E-state index contributed by atoms with van der Waals surface area (Å²) >= 11 is 1.64. The summed E-state index contributed by atoms with van der Waals surface area (Å²) < 4.78 is 13.7. The minimum atomic E-state index is 0.254. The zero-order valence-corrected chi connectivity index (χ0v) is 15.2. The molecule has 0 bridgehead atoms.